The number of amides is 4. The second kappa shape index (κ2) is 33.5. The van der Waals surface area contributed by atoms with E-state index in [4.69, 9.17) is 39.0 Å². The number of nitrogen functional groups attached to an aromatic ring is 2. The van der Waals surface area contributed by atoms with E-state index in [-0.39, 0.29) is 73.0 Å². The van der Waals surface area contributed by atoms with Gasteiger partial charge in [0.2, 0.25) is 23.6 Å². The van der Waals surface area contributed by atoms with Crippen LogP contribution in [0.5, 0.6) is 0 Å². The van der Waals surface area contributed by atoms with E-state index in [1.165, 1.54) is 49.3 Å². The third-order valence-electron chi connectivity index (χ3n) is 13.3. The Balaban J connectivity index is 0.798. The Labute approximate surface area is 549 Å². The zero-order valence-electron chi connectivity index (χ0n) is 50.3. The third kappa shape index (κ3) is 23.7. The summed E-state index contributed by atoms with van der Waals surface area (Å²) < 4.78 is 125. The van der Waals surface area contributed by atoms with E-state index in [1.807, 2.05) is 0 Å². The summed E-state index contributed by atoms with van der Waals surface area (Å²) in [5, 5.41) is 53.2. The van der Waals surface area contributed by atoms with Crippen molar-refractivity contribution in [2.24, 2.45) is 10.8 Å². The van der Waals surface area contributed by atoms with Crippen molar-refractivity contribution in [1.82, 2.24) is 60.3 Å². The summed E-state index contributed by atoms with van der Waals surface area (Å²) in [5.74, 6) is -2.44. The van der Waals surface area contributed by atoms with Crippen LogP contribution in [0.3, 0.4) is 0 Å². The molecular weight excluding hydrogens is 1460 g/mol. The van der Waals surface area contributed by atoms with E-state index in [2.05, 4.69) is 68.8 Å². The normalized spacial score (nSPS) is 23.5. The molecular formula is C42H70N14O32P6S2. The Hall–Kier alpha value is -4.22. The second-order valence-corrected chi connectivity index (χ2v) is 33.0. The lowest BCUT2D eigenvalue weighted by atomic mass is 9.87. The van der Waals surface area contributed by atoms with E-state index < -0.39 is 169 Å². The molecule has 96 heavy (non-hydrogen) atoms. The smallest absolute Gasteiger partial charge is 0.386 e. The number of phosphoric acid groups is 6. The van der Waals surface area contributed by atoms with Crippen LogP contribution in [-0.2, 0) is 91.8 Å². The zero-order chi connectivity index (χ0) is 71.6. The lowest BCUT2D eigenvalue weighted by Crippen LogP contribution is -2.46. The predicted octanol–water partition coefficient (Wildman–Crippen LogP) is -2.80. The zero-order valence-corrected chi connectivity index (χ0v) is 57.3. The molecule has 2 aliphatic heterocycles. The number of nitrogens with zero attached hydrogens (tertiary/aromatic N) is 8. The van der Waals surface area contributed by atoms with Crippen LogP contribution in [0.2, 0.25) is 0 Å². The van der Waals surface area contributed by atoms with Gasteiger partial charge in [0.05, 0.1) is 39.1 Å². The number of fused-ring (bicyclic) bond motifs is 2. The minimum absolute atomic E-state index is 0.00411. The fraction of sp³-hybridized carbons (Fsp3) is 0.667. The molecule has 0 aromatic carbocycles. The molecule has 4 unspecified atom stereocenters. The van der Waals surface area contributed by atoms with Crippen molar-refractivity contribution in [3.05, 3.63) is 25.3 Å². The van der Waals surface area contributed by atoms with Gasteiger partial charge in [-0.1, -0.05) is 49.3 Å². The molecule has 4 aromatic heterocycles. The van der Waals surface area contributed by atoms with Crippen molar-refractivity contribution in [2.75, 3.05) is 75.6 Å². The van der Waals surface area contributed by atoms with E-state index in [0.29, 0.717) is 11.5 Å². The first-order valence-electron chi connectivity index (χ1n) is 27.4. The van der Waals surface area contributed by atoms with E-state index in [0.717, 1.165) is 34.4 Å². The molecule has 6 rings (SSSR count). The molecule has 4 amide bonds. The van der Waals surface area contributed by atoms with Gasteiger partial charge in [-0.25, -0.2) is 57.3 Å². The van der Waals surface area contributed by atoms with Crippen molar-refractivity contribution < 1.29 is 151 Å². The van der Waals surface area contributed by atoms with Crippen LogP contribution >= 0.6 is 68.5 Å². The Morgan fingerprint density at radius 3 is 1.24 bits per heavy atom. The van der Waals surface area contributed by atoms with Gasteiger partial charge in [0, 0.05) is 61.4 Å². The molecule has 2 aliphatic rings. The summed E-state index contributed by atoms with van der Waals surface area (Å²) in [6, 6.07) is 0. The van der Waals surface area contributed by atoms with Gasteiger partial charge in [-0.15, -0.1) is 0 Å². The first-order chi connectivity index (χ1) is 44.4. The highest BCUT2D eigenvalue weighted by atomic mass is 33.1. The number of nitrogens with two attached hydrogens (primary N) is 2. The summed E-state index contributed by atoms with van der Waals surface area (Å²) in [4.78, 5) is 153. The number of hydrogen-bond donors (Lipinski definition) is 18. The van der Waals surface area contributed by atoms with Crippen molar-refractivity contribution in [3.8, 4) is 0 Å². The van der Waals surface area contributed by atoms with E-state index >= 15 is 0 Å². The molecule has 46 nitrogen and oxygen atoms in total. The highest BCUT2D eigenvalue weighted by Crippen LogP contribution is 2.63. The maximum absolute atomic E-state index is 12.8. The van der Waals surface area contributed by atoms with Gasteiger partial charge < -0.3 is 102 Å². The van der Waals surface area contributed by atoms with E-state index in [1.54, 1.807) is 0 Å². The van der Waals surface area contributed by atoms with Crippen LogP contribution in [0.15, 0.2) is 25.3 Å². The standard InChI is InChI=1S/C42H70N14O32P6S2/c1-41(2,15-81-93(75,76)87-91(71,72)79-13-21-29(85-89(65,66)67)27(59)39(83-21)55-19-53-25-33(43)49-17-51-35(25)55)31(61)37(63)47-7-5-23(57)45-9-11-95-96-12-10-46-24(58)6-8-48-38(64)32(62)42(3,4)16-82-94(77,78)88-92(73,74)80-14-22-30(86-90(68,69)70)28(60)40(84-22)56-20-54-26-34(44)50-18-52-36(26)56/h17-22,27-32,39-40,59-62H,5-16H2,1-4H3,(H,45,57)(H,46,58)(H,47,63)(H,48,64)(H,71,72)(H,73,74)(H,75,76)(H,77,78)(H2,43,49,51)(H2,44,50,52)(H2,65,66,67)(H2,68,69,70)/t21-,22-,27-,28-,29-,30-,31+,32+,39-,40-/m1/s1. The number of aliphatic hydroxyl groups excluding tert-OH is 4. The third-order valence-corrected chi connectivity index (χ3v) is 21.9. The quantitative estimate of drug-likeness (QED) is 0.0122. The fourth-order valence-electron chi connectivity index (χ4n) is 8.46. The first-order valence-corrected chi connectivity index (χ1v) is 39.0. The molecule has 2 saturated heterocycles. The van der Waals surface area contributed by atoms with Crippen LogP contribution in [0.25, 0.3) is 22.3 Å². The van der Waals surface area contributed by atoms with Gasteiger partial charge in [0.25, 0.3) is 0 Å². The molecule has 14 atom stereocenters. The number of carbonyl (C=O) groups is 4. The Bertz CT molecular complexity index is 3450. The molecule has 0 saturated carbocycles. The maximum Gasteiger partial charge on any atom is 0.481 e. The van der Waals surface area contributed by atoms with E-state index in [9.17, 15) is 106 Å². The minimum Gasteiger partial charge on any atom is -0.386 e. The average Bonchev–Trinajstić information content (AvgIpc) is 1.62. The summed E-state index contributed by atoms with van der Waals surface area (Å²) in [5.41, 5.74) is 8.26. The fourth-order valence-corrected chi connectivity index (χ4v) is 15.9. The number of imidazole rings is 2. The molecule has 4 aromatic rings. The van der Waals surface area contributed by atoms with Gasteiger partial charge >= 0.3 is 46.9 Å². The lowest BCUT2D eigenvalue weighted by molar-refractivity contribution is -0.137. The van der Waals surface area contributed by atoms with Crippen molar-refractivity contribution in [1.29, 1.82) is 0 Å². The second-order valence-electron chi connectivity index (χ2n) is 21.8. The van der Waals surface area contributed by atoms with Crippen LogP contribution in [0.1, 0.15) is 53.0 Å². The van der Waals surface area contributed by atoms with Gasteiger partial charge in [-0.3, -0.25) is 55.5 Å². The monoisotopic (exact) mass is 1530 g/mol. The van der Waals surface area contributed by atoms with Gasteiger partial charge in [-0.2, -0.15) is 8.62 Å². The largest absolute Gasteiger partial charge is 0.481 e. The molecule has 0 spiro atoms. The number of aliphatic hydroxyl groups is 4. The van der Waals surface area contributed by atoms with Gasteiger partial charge in [0.15, 0.2) is 35.4 Å². The lowest BCUT2D eigenvalue weighted by Gasteiger charge is -2.30. The van der Waals surface area contributed by atoms with Crippen LogP contribution in [0.4, 0.5) is 11.6 Å². The minimum atomic E-state index is -5.65. The molecule has 6 heterocycles. The number of ether oxygens (including phenoxy) is 2. The first kappa shape index (κ1) is 80.8. The number of hydrogen-bond acceptors (Lipinski definition) is 34. The molecule has 2 fully saturated rings. The Morgan fingerprint density at radius 1 is 0.552 bits per heavy atom. The predicted molar refractivity (Wildman–Crippen MR) is 324 cm³/mol. The van der Waals surface area contributed by atoms with Crippen LogP contribution in [0, 0.1) is 10.8 Å². The number of carbonyl (C=O) groups excluding carboxylic acids is 4. The summed E-state index contributed by atoms with van der Waals surface area (Å²) in [6.45, 7) is 0.354. The highest BCUT2D eigenvalue weighted by Gasteiger charge is 2.52. The summed E-state index contributed by atoms with van der Waals surface area (Å²) in [7, 11) is -30.6. The van der Waals surface area contributed by atoms with Gasteiger partial charge in [-0.05, 0) is 0 Å². The Kier molecular flexibility index (Phi) is 28.2. The van der Waals surface area contributed by atoms with Crippen molar-refractivity contribution in [3.63, 3.8) is 0 Å². The molecule has 0 aliphatic carbocycles. The number of aromatic nitrogens is 8. The summed E-state index contributed by atoms with van der Waals surface area (Å²) >= 11 is 0. The molecule has 54 heteroatoms. The Morgan fingerprint density at radius 2 is 0.896 bits per heavy atom. The summed E-state index contributed by atoms with van der Waals surface area (Å²) in [6.07, 6.45) is -14.6. The maximum atomic E-state index is 12.8. The molecule has 542 valence electrons. The molecule has 20 N–H and O–H groups in total. The van der Waals surface area contributed by atoms with Crippen molar-refractivity contribution in [2.45, 2.75) is 102 Å². The highest BCUT2D eigenvalue weighted by molar-refractivity contribution is 8.76. The number of anilines is 2. The average molecular weight is 1530 g/mol. The van der Waals surface area contributed by atoms with Crippen LogP contribution in [-0.4, -0.2) is 235 Å². The van der Waals surface area contributed by atoms with Crippen molar-refractivity contribution >= 4 is 126 Å². The van der Waals surface area contributed by atoms with Crippen LogP contribution < -0.4 is 32.7 Å². The number of phosphoric ester groups is 6. The molecule has 0 radical (unpaired) electrons. The molecule has 0 bridgehead atoms. The number of nitrogens with one attached hydrogen (secondary N) is 4. The topological polar surface area (TPSA) is 693 Å². The SMILES string of the molecule is CC(C)(COP(=O)(O)OP(=O)(O)OC[C@H]1O[C@@H](n2cnc3c(N)ncnc32)[C@H](O)[C@@H]1OP(=O)(O)O)[C@@H](O)C(=O)NCCC(=O)NCCSSCCNC(=O)CCNC(=O)[C@H](O)C(C)(C)COP(=O)(O)OP(=O)(O)OC[C@H]1O[C@@H](n2cnc3c(N)ncnc32)[C@H](O)[C@@H]1OP(=O)(O)O. The van der Waals surface area contributed by atoms with Gasteiger partial charge in [0.1, 0.15) is 72.5 Å². The number of rotatable bonds is 39.